The number of hydrogen-bond donors (Lipinski definition) is 2. The van der Waals surface area contributed by atoms with E-state index in [9.17, 15) is 8.42 Å². The van der Waals surface area contributed by atoms with Crippen LogP contribution in [-0.2, 0) is 10.0 Å². The Bertz CT molecular complexity index is 430. The van der Waals surface area contributed by atoms with Crippen LogP contribution in [0.1, 0.15) is 17.8 Å². The summed E-state index contributed by atoms with van der Waals surface area (Å²) in [6.45, 7) is 2.46. The molecule has 4 nitrogen and oxygen atoms in total. The zero-order valence-electron chi connectivity index (χ0n) is 9.16. The molecule has 1 aromatic rings. The van der Waals surface area contributed by atoms with E-state index in [1.807, 2.05) is 18.4 Å². The van der Waals surface area contributed by atoms with Crippen LogP contribution in [0.2, 0.25) is 0 Å². The van der Waals surface area contributed by atoms with E-state index in [0.717, 1.165) is 4.47 Å². The Morgan fingerprint density at radius 2 is 2.25 bits per heavy atom. The monoisotopic (exact) mass is 326 g/mol. The molecule has 1 aromatic heterocycles. The van der Waals surface area contributed by atoms with Crippen molar-refractivity contribution < 1.29 is 8.42 Å². The summed E-state index contributed by atoms with van der Waals surface area (Å²) in [6.07, 6.45) is 0. The fraction of sp³-hybridized carbons (Fsp3) is 0.556. The van der Waals surface area contributed by atoms with Crippen molar-refractivity contribution in [1.82, 2.24) is 10.0 Å². The van der Waals surface area contributed by atoms with E-state index < -0.39 is 10.0 Å². The Kier molecular flexibility index (Phi) is 5.39. The van der Waals surface area contributed by atoms with Crippen LogP contribution in [0, 0.1) is 0 Å². The Morgan fingerprint density at radius 1 is 1.56 bits per heavy atom. The summed E-state index contributed by atoms with van der Waals surface area (Å²) >= 11 is 5.10. The number of sulfonamides is 1. The van der Waals surface area contributed by atoms with E-state index in [4.69, 9.17) is 0 Å². The van der Waals surface area contributed by atoms with Gasteiger partial charge in [-0.2, -0.15) is 0 Å². The lowest BCUT2D eigenvalue weighted by molar-refractivity contribution is 0.569. The van der Waals surface area contributed by atoms with Gasteiger partial charge in [0.1, 0.15) is 0 Å². The lowest BCUT2D eigenvalue weighted by atomic mass is 10.3. The zero-order chi connectivity index (χ0) is 12.2. The molecule has 7 heteroatoms. The minimum absolute atomic E-state index is 0.0941. The predicted octanol–water partition coefficient (Wildman–Crippen LogP) is 1.71. The van der Waals surface area contributed by atoms with Crippen molar-refractivity contribution in [2.45, 2.75) is 13.0 Å². The third-order valence-electron chi connectivity index (χ3n) is 2.17. The van der Waals surface area contributed by atoms with Crippen LogP contribution in [0.15, 0.2) is 15.9 Å². The Labute approximate surface area is 109 Å². The third kappa shape index (κ3) is 4.14. The van der Waals surface area contributed by atoms with Gasteiger partial charge in [-0.15, -0.1) is 11.3 Å². The normalized spacial score (nSPS) is 13.9. The number of thiophene rings is 1. The highest BCUT2D eigenvalue weighted by atomic mass is 79.9. The molecule has 0 fully saturated rings. The molecule has 2 N–H and O–H groups in total. The molecule has 1 atom stereocenters. The lowest BCUT2D eigenvalue weighted by Crippen LogP contribution is -2.30. The molecule has 0 amide bonds. The van der Waals surface area contributed by atoms with Gasteiger partial charge in [-0.05, 0) is 41.3 Å². The molecular formula is C9H15BrN2O2S2. The first-order chi connectivity index (χ1) is 7.46. The molecule has 0 aliphatic heterocycles. The van der Waals surface area contributed by atoms with Crippen LogP contribution in [0.5, 0.6) is 0 Å². The van der Waals surface area contributed by atoms with E-state index in [1.54, 1.807) is 11.3 Å². The molecule has 0 saturated heterocycles. The van der Waals surface area contributed by atoms with Gasteiger partial charge in [-0.3, -0.25) is 0 Å². The molecule has 1 heterocycles. The van der Waals surface area contributed by atoms with Crippen LogP contribution < -0.4 is 10.0 Å². The van der Waals surface area contributed by atoms with Gasteiger partial charge in [-0.1, -0.05) is 0 Å². The first-order valence-electron chi connectivity index (χ1n) is 4.84. The van der Waals surface area contributed by atoms with E-state index in [-0.39, 0.29) is 11.8 Å². The summed E-state index contributed by atoms with van der Waals surface area (Å²) in [5.41, 5.74) is 0. The summed E-state index contributed by atoms with van der Waals surface area (Å²) in [5, 5.41) is 5.18. The van der Waals surface area contributed by atoms with Gasteiger partial charge in [-0.25, -0.2) is 13.1 Å². The maximum Gasteiger partial charge on any atom is 0.212 e. The quantitative estimate of drug-likeness (QED) is 0.836. The molecule has 0 aliphatic carbocycles. The van der Waals surface area contributed by atoms with Gasteiger partial charge in [0.25, 0.3) is 0 Å². The second-order valence-electron chi connectivity index (χ2n) is 3.33. The van der Waals surface area contributed by atoms with Crippen molar-refractivity contribution >= 4 is 37.3 Å². The standard InChI is InChI=1S/C9H15BrN2O2S2/c1-7(9-8(10)3-5-15-9)12-4-6-16(13,14)11-2/h3,5,7,11-12H,4,6H2,1-2H3. The molecule has 16 heavy (non-hydrogen) atoms. The first-order valence-corrected chi connectivity index (χ1v) is 8.16. The molecule has 92 valence electrons. The molecule has 0 bridgehead atoms. The van der Waals surface area contributed by atoms with Crippen LogP contribution in [0.25, 0.3) is 0 Å². The molecule has 1 unspecified atom stereocenters. The Hall–Kier alpha value is 0.0500. The van der Waals surface area contributed by atoms with Crippen molar-refractivity contribution in [2.24, 2.45) is 0 Å². The first kappa shape index (κ1) is 14.1. The highest BCUT2D eigenvalue weighted by molar-refractivity contribution is 9.10. The predicted molar refractivity (Wildman–Crippen MR) is 71.3 cm³/mol. The van der Waals surface area contributed by atoms with E-state index in [1.165, 1.54) is 11.9 Å². The Balaban J connectivity index is 2.43. The molecule has 0 spiro atoms. The van der Waals surface area contributed by atoms with Crippen molar-refractivity contribution in [3.63, 3.8) is 0 Å². The number of nitrogens with one attached hydrogen (secondary N) is 2. The van der Waals surface area contributed by atoms with Crippen LogP contribution >= 0.6 is 27.3 Å². The maximum atomic E-state index is 11.2. The highest BCUT2D eigenvalue weighted by Crippen LogP contribution is 2.28. The highest BCUT2D eigenvalue weighted by Gasteiger charge is 2.12. The van der Waals surface area contributed by atoms with Gasteiger partial charge in [0, 0.05) is 21.9 Å². The summed E-state index contributed by atoms with van der Waals surface area (Å²) in [4.78, 5) is 1.18. The van der Waals surface area contributed by atoms with Crippen LogP contribution in [0.4, 0.5) is 0 Å². The van der Waals surface area contributed by atoms with Crippen molar-refractivity contribution in [2.75, 3.05) is 19.3 Å². The zero-order valence-corrected chi connectivity index (χ0v) is 12.4. The molecular weight excluding hydrogens is 312 g/mol. The fourth-order valence-corrected chi connectivity index (χ4v) is 3.56. The SMILES string of the molecule is CNS(=O)(=O)CCNC(C)c1sccc1Br. The molecule has 1 rings (SSSR count). The van der Waals surface area contributed by atoms with Gasteiger partial charge in [0.15, 0.2) is 0 Å². The summed E-state index contributed by atoms with van der Waals surface area (Å²) in [5.74, 6) is 0.0941. The molecule has 0 saturated carbocycles. The molecule has 0 aromatic carbocycles. The van der Waals surface area contributed by atoms with Gasteiger partial charge < -0.3 is 5.32 Å². The number of halogens is 1. The van der Waals surface area contributed by atoms with E-state index in [2.05, 4.69) is 26.0 Å². The van der Waals surface area contributed by atoms with Gasteiger partial charge >= 0.3 is 0 Å². The van der Waals surface area contributed by atoms with Crippen LogP contribution in [-0.4, -0.2) is 27.8 Å². The van der Waals surface area contributed by atoms with Crippen LogP contribution in [0.3, 0.4) is 0 Å². The van der Waals surface area contributed by atoms with E-state index in [0.29, 0.717) is 6.54 Å². The smallest absolute Gasteiger partial charge is 0.212 e. The fourth-order valence-electron chi connectivity index (χ4n) is 1.22. The molecule has 0 aliphatic rings. The Morgan fingerprint density at radius 3 is 2.75 bits per heavy atom. The summed E-state index contributed by atoms with van der Waals surface area (Å²) in [6, 6.07) is 2.14. The second kappa shape index (κ2) is 6.11. The lowest BCUT2D eigenvalue weighted by Gasteiger charge is -2.12. The van der Waals surface area contributed by atoms with Crippen molar-refractivity contribution in [1.29, 1.82) is 0 Å². The largest absolute Gasteiger partial charge is 0.308 e. The van der Waals surface area contributed by atoms with Gasteiger partial charge in [0.05, 0.1) is 5.75 Å². The average Bonchev–Trinajstić information content (AvgIpc) is 2.64. The van der Waals surface area contributed by atoms with Gasteiger partial charge in [0.2, 0.25) is 10.0 Å². The third-order valence-corrected chi connectivity index (χ3v) is 5.59. The minimum atomic E-state index is -3.11. The number of hydrogen-bond acceptors (Lipinski definition) is 4. The van der Waals surface area contributed by atoms with E-state index >= 15 is 0 Å². The summed E-state index contributed by atoms with van der Waals surface area (Å²) in [7, 11) is -1.69. The van der Waals surface area contributed by atoms with Crippen molar-refractivity contribution in [3.8, 4) is 0 Å². The topological polar surface area (TPSA) is 58.2 Å². The average molecular weight is 327 g/mol. The maximum absolute atomic E-state index is 11.2. The number of rotatable bonds is 6. The second-order valence-corrected chi connectivity index (χ2v) is 7.18. The van der Waals surface area contributed by atoms with Crippen molar-refractivity contribution in [3.05, 3.63) is 20.8 Å². The molecule has 0 radical (unpaired) electrons. The minimum Gasteiger partial charge on any atom is -0.308 e. The summed E-state index contributed by atoms with van der Waals surface area (Å²) < 4.78 is 25.7.